The molecule has 9 heavy (non-hydrogen) atoms. The van der Waals surface area contributed by atoms with Crippen molar-refractivity contribution in [1.29, 1.82) is 0 Å². The van der Waals surface area contributed by atoms with E-state index in [2.05, 4.69) is 7.06 Å². The van der Waals surface area contributed by atoms with Gasteiger partial charge in [-0.3, -0.25) is 0 Å². The van der Waals surface area contributed by atoms with Crippen LogP contribution in [0.1, 0.15) is 13.8 Å². The molecule has 0 aromatic rings. The molecular formula is C4H8IN2O2-. The van der Waals surface area contributed by atoms with Gasteiger partial charge in [0.25, 0.3) is 0 Å². The predicted molar refractivity (Wildman–Crippen MR) is 27.6 cm³/mol. The quantitative estimate of drug-likeness (QED) is 0.385. The second kappa shape index (κ2) is 4.54. The Morgan fingerprint density at radius 1 is 1.11 bits per heavy atom. The van der Waals surface area contributed by atoms with Crippen LogP contribution in [0.4, 0.5) is 0 Å². The number of amides is 2. The minimum atomic E-state index is -0.655. The van der Waals surface area contributed by atoms with Crippen molar-refractivity contribution in [2.24, 2.45) is 0 Å². The van der Waals surface area contributed by atoms with Crippen LogP contribution in [-0.4, -0.2) is 11.8 Å². The Hall–Kier alpha value is -0.330. The summed E-state index contributed by atoms with van der Waals surface area (Å²) in [5.74, 6) is -0.201. The van der Waals surface area contributed by atoms with Gasteiger partial charge < -0.3 is 0 Å². The van der Waals surface area contributed by atoms with Crippen molar-refractivity contribution < 1.29 is 31.3 Å². The molecule has 2 amide bonds. The van der Waals surface area contributed by atoms with Crippen LogP contribution in [0, 0.1) is 0 Å². The van der Waals surface area contributed by atoms with E-state index in [4.69, 9.17) is 0 Å². The molecule has 0 aromatic heterocycles. The van der Waals surface area contributed by atoms with Crippen molar-refractivity contribution >= 4 is 11.8 Å². The Morgan fingerprint density at radius 3 is 1.67 bits per heavy atom. The first-order valence-corrected chi connectivity index (χ1v) is 4.44. The first-order valence-electron chi connectivity index (χ1n) is 2.29. The number of halogens is 1. The van der Waals surface area contributed by atoms with Gasteiger partial charge in [-0.15, -0.1) is 0 Å². The van der Waals surface area contributed by atoms with Gasteiger partial charge >= 0.3 is 64.1 Å². The third kappa shape index (κ3) is 7.67. The molecule has 0 aliphatic carbocycles. The van der Waals surface area contributed by atoms with Gasteiger partial charge in [-0.1, -0.05) is 0 Å². The van der Waals surface area contributed by atoms with Crippen molar-refractivity contribution in [1.82, 2.24) is 7.06 Å². The molecule has 4 nitrogen and oxygen atoms in total. The Bertz CT molecular complexity index is 112. The Kier molecular flexibility index (Phi) is 4.37. The molecule has 0 heterocycles. The zero-order valence-corrected chi connectivity index (χ0v) is 7.35. The molecule has 0 rings (SSSR count). The van der Waals surface area contributed by atoms with Crippen LogP contribution in [0.5, 0.6) is 0 Å². The summed E-state index contributed by atoms with van der Waals surface area (Å²) in [4.78, 5) is 20.4. The van der Waals surface area contributed by atoms with Crippen LogP contribution in [0.25, 0.3) is 0 Å². The predicted octanol–water partition coefficient (Wildman–Crippen LogP) is -3.82. The maximum absolute atomic E-state index is 10.2. The Labute approximate surface area is 64.4 Å². The summed E-state index contributed by atoms with van der Waals surface area (Å²) >= 11 is -0.655. The first kappa shape index (κ1) is 8.67. The van der Waals surface area contributed by atoms with E-state index >= 15 is 0 Å². The van der Waals surface area contributed by atoms with Crippen molar-refractivity contribution in [3.63, 3.8) is 0 Å². The molecule has 0 radical (unpaired) electrons. The maximum atomic E-state index is 10.2. The van der Waals surface area contributed by atoms with Gasteiger partial charge in [0.15, 0.2) is 0 Å². The summed E-state index contributed by atoms with van der Waals surface area (Å²) in [6.07, 6.45) is 0. The second-order valence-corrected chi connectivity index (χ2v) is 3.01. The Balaban J connectivity index is 3.10. The fourth-order valence-corrected chi connectivity index (χ4v) is 1.05. The molecule has 5 heteroatoms. The number of carbonyl (C=O) groups excluding carboxylic acids is 2. The number of carbonyl (C=O) groups is 2. The van der Waals surface area contributed by atoms with Gasteiger partial charge in [-0.25, -0.2) is 0 Å². The number of hydrogen-bond donors (Lipinski definition) is 2. The molecule has 0 saturated heterocycles. The number of rotatable bonds is 2. The second-order valence-electron chi connectivity index (χ2n) is 1.40. The molecule has 54 valence electrons. The fraction of sp³-hybridized carbons (Fsp3) is 0.500. The number of hydrogen-bond acceptors (Lipinski definition) is 2. The van der Waals surface area contributed by atoms with Crippen LogP contribution in [0.3, 0.4) is 0 Å². The monoisotopic (exact) mass is 243 g/mol. The standard InChI is InChI=1S/C4H8IN2O2/c1-3(8)6-5-7-4(2)9/h1-2H3,(H,6,8)(H,7,9)/q-1. The fourth-order valence-electron chi connectivity index (χ4n) is 0.157. The van der Waals surface area contributed by atoms with Gasteiger partial charge in [0.05, 0.1) is 0 Å². The topological polar surface area (TPSA) is 58.2 Å². The summed E-state index contributed by atoms with van der Waals surface area (Å²) in [5.41, 5.74) is 0. The molecule has 2 N–H and O–H groups in total. The molecule has 0 saturated carbocycles. The van der Waals surface area contributed by atoms with Gasteiger partial charge in [0, 0.05) is 0 Å². The molecule has 0 aromatic carbocycles. The van der Waals surface area contributed by atoms with E-state index in [0.717, 1.165) is 0 Å². The van der Waals surface area contributed by atoms with Gasteiger partial charge in [0.2, 0.25) is 0 Å². The van der Waals surface area contributed by atoms with E-state index in [1.807, 2.05) is 0 Å². The average molecular weight is 243 g/mol. The van der Waals surface area contributed by atoms with Gasteiger partial charge in [-0.2, -0.15) is 0 Å². The van der Waals surface area contributed by atoms with E-state index in [9.17, 15) is 9.59 Å². The zero-order valence-electron chi connectivity index (χ0n) is 5.19. The molecular weight excluding hydrogens is 235 g/mol. The summed E-state index contributed by atoms with van der Waals surface area (Å²) in [6.45, 7) is 2.84. The van der Waals surface area contributed by atoms with Gasteiger partial charge in [-0.05, 0) is 0 Å². The molecule has 0 aliphatic rings. The van der Waals surface area contributed by atoms with Crippen molar-refractivity contribution in [2.45, 2.75) is 13.8 Å². The average Bonchev–Trinajstić information content (AvgIpc) is 1.63. The van der Waals surface area contributed by atoms with E-state index in [-0.39, 0.29) is 11.8 Å². The van der Waals surface area contributed by atoms with Crippen LogP contribution >= 0.6 is 0 Å². The SMILES string of the molecule is CC(=O)N[I-]NC(C)=O. The van der Waals surface area contributed by atoms with Crippen molar-refractivity contribution in [2.75, 3.05) is 0 Å². The summed E-state index contributed by atoms with van der Waals surface area (Å²) in [7, 11) is 0. The molecule has 0 unspecified atom stereocenters. The normalized spacial score (nSPS) is 8.67. The van der Waals surface area contributed by atoms with Crippen LogP contribution < -0.4 is 28.8 Å². The Morgan fingerprint density at radius 2 is 1.44 bits per heavy atom. The molecule has 0 aliphatic heterocycles. The molecule has 0 spiro atoms. The van der Waals surface area contributed by atoms with E-state index in [1.54, 1.807) is 0 Å². The summed E-state index contributed by atoms with van der Waals surface area (Å²) in [6, 6.07) is 0. The van der Waals surface area contributed by atoms with E-state index in [0.29, 0.717) is 0 Å². The van der Waals surface area contributed by atoms with Gasteiger partial charge in [0.1, 0.15) is 0 Å². The summed E-state index contributed by atoms with van der Waals surface area (Å²) in [5, 5.41) is 0. The number of nitrogens with one attached hydrogen (secondary N) is 2. The first-order chi connectivity index (χ1) is 4.13. The van der Waals surface area contributed by atoms with Crippen LogP contribution in [0.15, 0.2) is 0 Å². The third-order valence-electron chi connectivity index (χ3n) is 0.361. The zero-order chi connectivity index (χ0) is 7.28. The molecule has 0 fully saturated rings. The van der Waals surface area contributed by atoms with Crippen LogP contribution in [0.2, 0.25) is 0 Å². The van der Waals surface area contributed by atoms with Crippen LogP contribution in [-0.2, 0) is 9.59 Å². The van der Waals surface area contributed by atoms with Crippen molar-refractivity contribution in [3.8, 4) is 0 Å². The third-order valence-corrected chi connectivity index (χ3v) is 2.42. The summed E-state index contributed by atoms with van der Waals surface area (Å²) < 4.78 is 5.03. The minimum absolute atomic E-state index is 0.100. The van der Waals surface area contributed by atoms with Crippen molar-refractivity contribution in [3.05, 3.63) is 0 Å². The molecule has 0 atom stereocenters. The van der Waals surface area contributed by atoms with E-state index in [1.165, 1.54) is 13.8 Å². The van der Waals surface area contributed by atoms with E-state index < -0.39 is 21.8 Å². The molecule has 0 bridgehead atoms.